The van der Waals surface area contributed by atoms with Gasteiger partial charge in [-0.15, -0.1) is 0 Å². The molecule has 1 saturated heterocycles. The van der Waals surface area contributed by atoms with Crippen molar-refractivity contribution < 1.29 is 18.0 Å². The van der Waals surface area contributed by atoms with Gasteiger partial charge >= 0.3 is 6.03 Å². The van der Waals surface area contributed by atoms with E-state index < -0.39 is 15.9 Å². The molecule has 1 heterocycles. The lowest BCUT2D eigenvalue weighted by molar-refractivity contribution is 0.0938. The molecule has 0 unspecified atom stereocenters. The van der Waals surface area contributed by atoms with Crippen LogP contribution in [0.3, 0.4) is 0 Å². The molecule has 0 bridgehead atoms. The van der Waals surface area contributed by atoms with Gasteiger partial charge in [-0.05, 0) is 37.5 Å². The molecule has 0 spiro atoms. The zero-order valence-electron chi connectivity index (χ0n) is 14.0. The summed E-state index contributed by atoms with van der Waals surface area (Å²) in [4.78, 5) is 24.3. The van der Waals surface area contributed by atoms with E-state index in [1.807, 2.05) is 0 Å². The molecule has 7 nitrogen and oxygen atoms in total. The first-order valence-electron chi connectivity index (χ1n) is 8.60. The van der Waals surface area contributed by atoms with Gasteiger partial charge in [0.15, 0.2) is 9.84 Å². The molecule has 3 N–H and O–H groups in total. The minimum Gasteiger partial charge on any atom is -0.349 e. The first-order chi connectivity index (χ1) is 11.9. The third kappa shape index (κ3) is 4.94. The maximum atomic E-state index is 12.3. The minimum absolute atomic E-state index is 0.0236. The Morgan fingerprint density at radius 3 is 2.44 bits per heavy atom. The Morgan fingerprint density at radius 1 is 1.00 bits per heavy atom. The van der Waals surface area contributed by atoms with Gasteiger partial charge in [-0.2, -0.15) is 0 Å². The van der Waals surface area contributed by atoms with Gasteiger partial charge in [0.05, 0.1) is 11.5 Å². The van der Waals surface area contributed by atoms with Crippen molar-refractivity contribution in [2.75, 3.05) is 16.8 Å². The van der Waals surface area contributed by atoms with E-state index in [0.29, 0.717) is 17.7 Å². The molecule has 136 valence electrons. The van der Waals surface area contributed by atoms with Crippen LogP contribution in [0.5, 0.6) is 0 Å². The molecule has 0 radical (unpaired) electrons. The number of hydrogen-bond acceptors (Lipinski definition) is 4. The first-order valence-corrected chi connectivity index (χ1v) is 10.4. The normalized spacial score (nSPS) is 22.5. The van der Waals surface area contributed by atoms with Gasteiger partial charge in [0.1, 0.15) is 0 Å². The lowest BCUT2D eigenvalue weighted by atomic mass is 10.1. The molecular formula is C17H23N3O4S. The zero-order valence-corrected chi connectivity index (χ0v) is 14.8. The molecular weight excluding hydrogens is 342 g/mol. The van der Waals surface area contributed by atoms with Crippen molar-refractivity contribution in [2.45, 2.75) is 44.2 Å². The quantitative estimate of drug-likeness (QED) is 0.755. The van der Waals surface area contributed by atoms with Gasteiger partial charge in [0.25, 0.3) is 5.91 Å². The highest BCUT2D eigenvalue weighted by atomic mass is 32.2. The number of benzene rings is 1. The van der Waals surface area contributed by atoms with Crippen LogP contribution in [-0.2, 0) is 9.84 Å². The summed E-state index contributed by atoms with van der Waals surface area (Å²) in [5.41, 5.74) is 0.991. The first kappa shape index (κ1) is 17.7. The van der Waals surface area contributed by atoms with E-state index in [1.165, 1.54) is 0 Å². The number of hydrogen-bond donors (Lipinski definition) is 3. The van der Waals surface area contributed by atoms with Crippen molar-refractivity contribution in [1.82, 2.24) is 10.6 Å². The fraction of sp³-hybridized carbons (Fsp3) is 0.529. The molecule has 1 aliphatic heterocycles. The lowest BCUT2D eigenvalue weighted by Crippen LogP contribution is -2.38. The molecule has 2 fully saturated rings. The molecule has 1 aromatic rings. The van der Waals surface area contributed by atoms with E-state index in [0.717, 1.165) is 25.7 Å². The average Bonchev–Trinajstić information content (AvgIpc) is 3.17. The summed E-state index contributed by atoms with van der Waals surface area (Å²) >= 11 is 0. The van der Waals surface area contributed by atoms with Crippen LogP contribution < -0.4 is 16.0 Å². The Hall–Kier alpha value is -2.09. The number of rotatable bonds is 4. The average molecular weight is 365 g/mol. The van der Waals surface area contributed by atoms with Crippen molar-refractivity contribution in [1.29, 1.82) is 0 Å². The van der Waals surface area contributed by atoms with E-state index in [1.54, 1.807) is 24.3 Å². The lowest BCUT2D eigenvalue weighted by Gasteiger charge is -2.14. The second-order valence-corrected chi connectivity index (χ2v) is 8.96. The number of carbonyl (C=O) groups excluding carboxylic acids is 2. The van der Waals surface area contributed by atoms with Crippen LogP contribution in [0, 0.1) is 0 Å². The summed E-state index contributed by atoms with van der Waals surface area (Å²) in [6, 6.07) is 6.13. The maximum absolute atomic E-state index is 12.3. The van der Waals surface area contributed by atoms with E-state index in [-0.39, 0.29) is 29.5 Å². The standard InChI is InChI=1S/C17H23N3O4S/c21-16(18-13-5-1-2-6-13)12-4-3-7-14(10-12)19-17(22)20-15-8-9-25(23,24)11-15/h3-4,7,10,13,15H,1-2,5-6,8-9,11H2,(H,18,21)(H2,19,20,22)/t15-/m0/s1. The highest BCUT2D eigenvalue weighted by molar-refractivity contribution is 7.91. The fourth-order valence-corrected chi connectivity index (χ4v) is 5.01. The van der Waals surface area contributed by atoms with Crippen molar-refractivity contribution >= 4 is 27.5 Å². The summed E-state index contributed by atoms with van der Waals surface area (Å²) in [5.74, 6) is -0.0585. The molecule has 1 aromatic carbocycles. The van der Waals surface area contributed by atoms with E-state index >= 15 is 0 Å². The summed E-state index contributed by atoms with van der Waals surface area (Å²) in [7, 11) is -3.04. The Kier molecular flexibility index (Phi) is 5.27. The van der Waals surface area contributed by atoms with Gasteiger partial charge in [0.2, 0.25) is 0 Å². The molecule has 2 aliphatic rings. The topological polar surface area (TPSA) is 104 Å². The number of sulfone groups is 1. The molecule has 1 saturated carbocycles. The summed E-state index contributed by atoms with van der Waals surface area (Å²) in [6.07, 6.45) is 4.74. The third-order valence-corrected chi connectivity index (χ3v) is 6.41. The van der Waals surface area contributed by atoms with Crippen LogP contribution in [0.2, 0.25) is 0 Å². The number of anilines is 1. The SMILES string of the molecule is O=C(Nc1cccc(C(=O)NC2CCCC2)c1)N[C@H]1CCS(=O)(=O)C1. The molecule has 1 aliphatic carbocycles. The molecule has 1 atom stereocenters. The molecule has 3 amide bonds. The number of amides is 3. The number of carbonyl (C=O) groups is 2. The van der Waals surface area contributed by atoms with Crippen molar-refractivity contribution in [3.63, 3.8) is 0 Å². The third-order valence-electron chi connectivity index (χ3n) is 4.64. The van der Waals surface area contributed by atoms with Crippen LogP contribution in [0.4, 0.5) is 10.5 Å². The van der Waals surface area contributed by atoms with Crippen molar-refractivity contribution in [3.8, 4) is 0 Å². The van der Waals surface area contributed by atoms with E-state index in [2.05, 4.69) is 16.0 Å². The fourth-order valence-electron chi connectivity index (χ4n) is 3.34. The second-order valence-electron chi connectivity index (χ2n) is 6.73. The van der Waals surface area contributed by atoms with Crippen molar-refractivity contribution in [2.24, 2.45) is 0 Å². The monoisotopic (exact) mass is 365 g/mol. The Bertz CT molecular complexity index is 757. The Balaban J connectivity index is 1.55. The number of nitrogens with one attached hydrogen (secondary N) is 3. The van der Waals surface area contributed by atoms with Crippen molar-refractivity contribution in [3.05, 3.63) is 29.8 Å². The Labute approximate surface area is 147 Å². The summed E-state index contributed by atoms with van der Waals surface area (Å²) in [5, 5.41) is 8.33. The molecule has 3 rings (SSSR count). The van der Waals surface area contributed by atoms with Crippen LogP contribution in [0.15, 0.2) is 24.3 Å². The van der Waals surface area contributed by atoms with Gasteiger partial charge in [-0.25, -0.2) is 13.2 Å². The highest BCUT2D eigenvalue weighted by Gasteiger charge is 2.28. The largest absolute Gasteiger partial charge is 0.349 e. The van der Waals surface area contributed by atoms with Crippen LogP contribution in [0.25, 0.3) is 0 Å². The van der Waals surface area contributed by atoms with Gasteiger partial charge in [-0.3, -0.25) is 4.79 Å². The maximum Gasteiger partial charge on any atom is 0.319 e. The second kappa shape index (κ2) is 7.43. The van der Waals surface area contributed by atoms with Gasteiger partial charge in [-0.1, -0.05) is 18.9 Å². The van der Waals surface area contributed by atoms with E-state index in [9.17, 15) is 18.0 Å². The predicted octanol–water partition coefficient (Wildman–Crippen LogP) is 1.67. The molecule has 25 heavy (non-hydrogen) atoms. The predicted molar refractivity (Wildman–Crippen MR) is 95.4 cm³/mol. The van der Waals surface area contributed by atoms with Crippen LogP contribution in [0.1, 0.15) is 42.5 Å². The van der Waals surface area contributed by atoms with Gasteiger partial charge in [0, 0.05) is 23.3 Å². The van der Waals surface area contributed by atoms with Crippen LogP contribution >= 0.6 is 0 Å². The van der Waals surface area contributed by atoms with E-state index in [4.69, 9.17) is 0 Å². The highest BCUT2D eigenvalue weighted by Crippen LogP contribution is 2.19. The molecule has 8 heteroatoms. The smallest absolute Gasteiger partial charge is 0.319 e. The number of urea groups is 1. The van der Waals surface area contributed by atoms with Gasteiger partial charge < -0.3 is 16.0 Å². The van der Waals surface area contributed by atoms with Crippen LogP contribution in [-0.4, -0.2) is 43.9 Å². The molecule has 0 aromatic heterocycles. The minimum atomic E-state index is -3.04. The zero-order chi connectivity index (χ0) is 17.9. The Morgan fingerprint density at radius 2 is 1.76 bits per heavy atom. The summed E-state index contributed by atoms with van der Waals surface area (Å²) in [6.45, 7) is 0. The summed E-state index contributed by atoms with van der Waals surface area (Å²) < 4.78 is 22.9.